The molecule has 0 aliphatic heterocycles. The highest BCUT2D eigenvalue weighted by Gasteiger charge is 2.19. The Kier molecular flexibility index (Phi) is 5.74. The Morgan fingerprint density at radius 1 is 1.15 bits per heavy atom. The van der Waals surface area contributed by atoms with Crippen LogP contribution >= 0.6 is 0 Å². The summed E-state index contributed by atoms with van der Waals surface area (Å²) in [4.78, 5) is 0.333. The molecular weight excluding hydrogens is 272 g/mol. The molecule has 1 unspecified atom stereocenters. The molecule has 0 amide bonds. The summed E-state index contributed by atoms with van der Waals surface area (Å²) in [6.45, 7) is 10.8. The molecular formula is C15H26N2O2S. The molecule has 114 valence electrons. The highest BCUT2D eigenvalue weighted by Crippen LogP contribution is 2.20. The molecule has 0 aromatic heterocycles. The molecule has 0 saturated carbocycles. The van der Waals surface area contributed by atoms with Crippen molar-refractivity contribution in [1.82, 2.24) is 4.72 Å². The highest BCUT2D eigenvalue weighted by atomic mass is 32.2. The molecule has 0 heterocycles. The lowest BCUT2D eigenvalue weighted by Crippen LogP contribution is -2.30. The second-order valence-electron chi connectivity index (χ2n) is 5.82. The zero-order chi connectivity index (χ0) is 15.5. The molecule has 0 spiro atoms. The van der Waals surface area contributed by atoms with Gasteiger partial charge in [-0.2, -0.15) is 0 Å². The van der Waals surface area contributed by atoms with Gasteiger partial charge in [-0.15, -0.1) is 0 Å². The van der Waals surface area contributed by atoms with Crippen molar-refractivity contribution in [2.75, 3.05) is 6.54 Å². The summed E-state index contributed by atoms with van der Waals surface area (Å²) >= 11 is 0. The normalized spacial score (nSPS) is 13.8. The van der Waals surface area contributed by atoms with Gasteiger partial charge < -0.3 is 5.73 Å². The predicted octanol–water partition coefficient (Wildman–Crippen LogP) is 2.33. The van der Waals surface area contributed by atoms with Crippen molar-refractivity contribution in [1.29, 1.82) is 0 Å². The molecule has 1 aromatic rings. The van der Waals surface area contributed by atoms with E-state index in [2.05, 4.69) is 18.6 Å². The van der Waals surface area contributed by atoms with Crippen LogP contribution in [0.4, 0.5) is 0 Å². The quantitative estimate of drug-likeness (QED) is 0.846. The lowest BCUT2D eigenvalue weighted by Gasteiger charge is -2.17. The monoisotopic (exact) mass is 298 g/mol. The Morgan fingerprint density at radius 3 is 2.25 bits per heavy atom. The largest absolute Gasteiger partial charge is 0.326 e. The summed E-state index contributed by atoms with van der Waals surface area (Å²) in [6, 6.07) is 3.57. The topological polar surface area (TPSA) is 72.2 Å². The number of benzene rings is 1. The van der Waals surface area contributed by atoms with Gasteiger partial charge in [-0.3, -0.25) is 0 Å². The van der Waals surface area contributed by atoms with Crippen LogP contribution in [-0.4, -0.2) is 15.0 Å². The number of nitrogens with two attached hydrogens (primary N) is 1. The summed E-state index contributed by atoms with van der Waals surface area (Å²) in [6.07, 6.45) is 0. The van der Waals surface area contributed by atoms with Gasteiger partial charge in [0.25, 0.3) is 0 Å². The van der Waals surface area contributed by atoms with E-state index in [0.29, 0.717) is 29.8 Å². The van der Waals surface area contributed by atoms with Gasteiger partial charge >= 0.3 is 0 Å². The maximum Gasteiger partial charge on any atom is 0.240 e. The summed E-state index contributed by atoms with van der Waals surface area (Å²) < 4.78 is 27.5. The molecule has 0 aliphatic carbocycles. The van der Waals surface area contributed by atoms with Gasteiger partial charge in [-0.1, -0.05) is 26.8 Å². The van der Waals surface area contributed by atoms with Gasteiger partial charge in [-0.05, 0) is 48.4 Å². The summed E-state index contributed by atoms with van der Waals surface area (Å²) in [5, 5.41) is 0. The number of sulfonamides is 1. The molecule has 3 N–H and O–H groups in total. The number of nitrogens with one attached hydrogen (secondary N) is 1. The molecule has 0 saturated heterocycles. The Labute approximate surface area is 122 Å². The van der Waals surface area contributed by atoms with Crippen LogP contribution in [0.2, 0.25) is 0 Å². The van der Waals surface area contributed by atoms with E-state index in [-0.39, 0.29) is 0 Å². The van der Waals surface area contributed by atoms with Crippen LogP contribution in [0, 0.1) is 25.7 Å². The molecule has 4 nitrogen and oxygen atoms in total. The first kappa shape index (κ1) is 17.1. The van der Waals surface area contributed by atoms with Crippen molar-refractivity contribution in [3.8, 4) is 0 Å². The van der Waals surface area contributed by atoms with Crippen LogP contribution in [0.5, 0.6) is 0 Å². The van der Waals surface area contributed by atoms with E-state index in [1.807, 2.05) is 26.8 Å². The standard InChI is InChI=1S/C15H26N2O2S/c1-10(2)13(5)9-17-20(18,19)15-7-14(8-16)11(3)6-12(15)4/h6-7,10,13,17H,8-9,16H2,1-5H3. The molecule has 0 bridgehead atoms. The minimum atomic E-state index is -3.47. The van der Waals surface area contributed by atoms with Crippen LogP contribution in [0.3, 0.4) is 0 Å². The van der Waals surface area contributed by atoms with Crippen molar-refractivity contribution >= 4 is 10.0 Å². The van der Waals surface area contributed by atoms with Gasteiger partial charge in [0.05, 0.1) is 4.90 Å². The average Bonchev–Trinajstić information content (AvgIpc) is 2.35. The van der Waals surface area contributed by atoms with Gasteiger partial charge in [0.1, 0.15) is 0 Å². The van der Waals surface area contributed by atoms with Crippen LogP contribution in [0.25, 0.3) is 0 Å². The first-order valence-electron chi connectivity index (χ1n) is 6.99. The number of hydrogen-bond donors (Lipinski definition) is 2. The first-order valence-corrected chi connectivity index (χ1v) is 8.47. The zero-order valence-electron chi connectivity index (χ0n) is 13.0. The molecule has 0 aliphatic rings. The number of hydrogen-bond acceptors (Lipinski definition) is 3. The molecule has 20 heavy (non-hydrogen) atoms. The minimum absolute atomic E-state index is 0.296. The fourth-order valence-electron chi connectivity index (χ4n) is 1.94. The van der Waals surface area contributed by atoms with Crippen LogP contribution in [0.1, 0.15) is 37.5 Å². The molecule has 5 heteroatoms. The van der Waals surface area contributed by atoms with Gasteiger partial charge in [0.15, 0.2) is 0 Å². The predicted molar refractivity (Wildman–Crippen MR) is 83.0 cm³/mol. The third kappa shape index (κ3) is 4.04. The van der Waals surface area contributed by atoms with E-state index in [1.165, 1.54) is 0 Å². The third-order valence-electron chi connectivity index (χ3n) is 3.88. The fourth-order valence-corrected chi connectivity index (χ4v) is 3.36. The highest BCUT2D eigenvalue weighted by molar-refractivity contribution is 7.89. The van der Waals surface area contributed by atoms with Crippen LogP contribution in [-0.2, 0) is 16.6 Å². The van der Waals surface area contributed by atoms with Crippen molar-refractivity contribution in [2.24, 2.45) is 17.6 Å². The summed E-state index contributed by atoms with van der Waals surface area (Å²) in [5.41, 5.74) is 8.31. The van der Waals surface area contributed by atoms with Crippen molar-refractivity contribution in [2.45, 2.75) is 46.1 Å². The van der Waals surface area contributed by atoms with E-state index in [4.69, 9.17) is 5.73 Å². The van der Waals surface area contributed by atoms with Crippen molar-refractivity contribution in [3.05, 3.63) is 28.8 Å². The Morgan fingerprint density at radius 2 is 1.75 bits per heavy atom. The molecule has 1 atom stereocenters. The second kappa shape index (κ2) is 6.70. The van der Waals surface area contributed by atoms with Gasteiger partial charge in [0.2, 0.25) is 10.0 Å². The Bertz CT molecular complexity index is 565. The Hall–Kier alpha value is -0.910. The number of aryl methyl sites for hydroxylation is 2. The fraction of sp³-hybridized carbons (Fsp3) is 0.600. The minimum Gasteiger partial charge on any atom is -0.326 e. The Balaban J connectivity index is 3.04. The van der Waals surface area contributed by atoms with E-state index >= 15 is 0 Å². The van der Waals surface area contributed by atoms with Crippen molar-refractivity contribution < 1.29 is 8.42 Å². The SMILES string of the molecule is Cc1cc(C)c(S(=O)(=O)NCC(C)C(C)C)cc1CN. The van der Waals surface area contributed by atoms with E-state index in [9.17, 15) is 8.42 Å². The van der Waals surface area contributed by atoms with Gasteiger partial charge in [-0.25, -0.2) is 13.1 Å². The second-order valence-corrected chi connectivity index (χ2v) is 7.56. The molecule has 0 fully saturated rings. The average molecular weight is 298 g/mol. The van der Waals surface area contributed by atoms with Crippen molar-refractivity contribution in [3.63, 3.8) is 0 Å². The zero-order valence-corrected chi connectivity index (χ0v) is 13.8. The van der Waals surface area contributed by atoms with E-state index in [0.717, 1.165) is 16.7 Å². The smallest absolute Gasteiger partial charge is 0.240 e. The van der Waals surface area contributed by atoms with Crippen LogP contribution in [0.15, 0.2) is 17.0 Å². The maximum absolute atomic E-state index is 12.4. The lowest BCUT2D eigenvalue weighted by atomic mass is 9.99. The molecule has 1 rings (SSSR count). The summed E-state index contributed by atoms with van der Waals surface area (Å²) in [7, 11) is -3.47. The maximum atomic E-state index is 12.4. The molecule has 1 aromatic carbocycles. The van der Waals surface area contributed by atoms with E-state index < -0.39 is 10.0 Å². The third-order valence-corrected chi connectivity index (χ3v) is 5.44. The van der Waals surface area contributed by atoms with E-state index in [1.54, 1.807) is 6.07 Å². The first-order chi connectivity index (χ1) is 9.19. The van der Waals surface area contributed by atoms with Crippen LogP contribution < -0.4 is 10.5 Å². The summed E-state index contributed by atoms with van der Waals surface area (Å²) in [5.74, 6) is 0.737. The molecule has 0 radical (unpaired) electrons. The number of rotatable bonds is 6. The van der Waals surface area contributed by atoms with Gasteiger partial charge in [0, 0.05) is 13.1 Å². The lowest BCUT2D eigenvalue weighted by molar-refractivity contribution is 0.414.